The van der Waals surface area contributed by atoms with Crippen molar-refractivity contribution >= 4 is 29.0 Å². The fraction of sp³-hybridized carbons (Fsp3) is 0.292. The van der Waals surface area contributed by atoms with Gasteiger partial charge in [-0.3, -0.25) is 4.79 Å². The number of benzene rings is 2. The van der Waals surface area contributed by atoms with Gasteiger partial charge >= 0.3 is 0 Å². The third kappa shape index (κ3) is 5.08. The second kappa shape index (κ2) is 9.55. The van der Waals surface area contributed by atoms with Crippen LogP contribution in [-0.4, -0.2) is 35.8 Å². The van der Waals surface area contributed by atoms with Crippen LogP contribution < -0.4 is 25.0 Å². The second-order valence-electron chi connectivity index (χ2n) is 7.48. The summed E-state index contributed by atoms with van der Waals surface area (Å²) in [4.78, 5) is 23.7. The first-order valence-electron chi connectivity index (χ1n) is 10.7. The van der Waals surface area contributed by atoms with Gasteiger partial charge in [-0.2, -0.15) is 4.98 Å². The lowest BCUT2D eigenvalue weighted by atomic mass is 10.1. The van der Waals surface area contributed by atoms with Gasteiger partial charge in [0.1, 0.15) is 5.82 Å². The molecule has 1 aliphatic heterocycles. The molecule has 1 amide bonds. The van der Waals surface area contributed by atoms with Crippen LogP contribution in [0.2, 0.25) is 0 Å². The second-order valence-corrected chi connectivity index (χ2v) is 7.48. The van der Waals surface area contributed by atoms with Crippen LogP contribution in [0, 0.1) is 6.92 Å². The first kappa shape index (κ1) is 21.4. The van der Waals surface area contributed by atoms with E-state index in [2.05, 4.69) is 39.3 Å². The van der Waals surface area contributed by atoms with E-state index in [1.165, 1.54) is 0 Å². The van der Waals surface area contributed by atoms with Gasteiger partial charge in [-0.15, -0.1) is 0 Å². The van der Waals surface area contributed by atoms with Gasteiger partial charge in [-0.1, -0.05) is 6.07 Å². The van der Waals surface area contributed by atoms with Crippen LogP contribution in [0.3, 0.4) is 0 Å². The average Bonchev–Trinajstić information content (AvgIpc) is 3.23. The molecule has 1 aliphatic rings. The SMILES string of the molecule is CCN(CC)c1cc(C)nc(Nc2ccc(NC(=O)Cc3ccc4c(c3)OCO4)cc2)n1. The van der Waals surface area contributed by atoms with Crippen molar-refractivity contribution in [2.75, 3.05) is 35.4 Å². The summed E-state index contributed by atoms with van der Waals surface area (Å²) in [6.45, 7) is 8.15. The van der Waals surface area contributed by atoms with E-state index in [0.29, 0.717) is 17.4 Å². The minimum Gasteiger partial charge on any atom is -0.454 e. The molecule has 2 aromatic carbocycles. The number of anilines is 4. The Morgan fingerprint density at radius 2 is 1.69 bits per heavy atom. The minimum absolute atomic E-state index is 0.101. The Morgan fingerprint density at radius 3 is 2.44 bits per heavy atom. The molecule has 0 saturated carbocycles. The number of carbonyl (C=O) groups is 1. The molecule has 0 unspecified atom stereocenters. The number of carbonyl (C=O) groups excluding carboxylic acids is 1. The molecule has 0 spiro atoms. The number of hydrogen-bond donors (Lipinski definition) is 2. The van der Waals surface area contributed by atoms with Crippen molar-refractivity contribution < 1.29 is 14.3 Å². The molecule has 0 fully saturated rings. The summed E-state index contributed by atoms with van der Waals surface area (Å²) in [6.07, 6.45) is 0.252. The summed E-state index contributed by atoms with van der Waals surface area (Å²) >= 11 is 0. The number of nitrogens with zero attached hydrogens (tertiary/aromatic N) is 3. The molecular formula is C24H27N5O3. The molecule has 1 aromatic heterocycles. The fourth-order valence-corrected chi connectivity index (χ4v) is 3.52. The van der Waals surface area contributed by atoms with Gasteiger partial charge in [0.05, 0.1) is 6.42 Å². The molecule has 166 valence electrons. The monoisotopic (exact) mass is 433 g/mol. The van der Waals surface area contributed by atoms with Crippen LogP contribution in [0.5, 0.6) is 11.5 Å². The Labute approximate surface area is 187 Å². The summed E-state index contributed by atoms with van der Waals surface area (Å²) in [7, 11) is 0. The van der Waals surface area contributed by atoms with Crippen LogP contribution in [0.4, 0.5) is 23.1 Å². The molecule has 0 atom stereocenters. The Morgan fingerprint density at radius 1 is 0.969 bits per heavy atom. The topological polar surface area (TPSA) is 88.6 Å². The zero-order chi connectivity index (χ0) is 22.5. The van der Waals surface area contributed by atoms with E-state index in [9.17, 15) is 4.79 Å². The third-order valence-electron chi connectivity index (χ3n) is 5.15. The van der Waals surface area contributed by atoms with Gasteiger partial charge in [-0.05, 0) is 62.7 Å². The molecular weight excluding hydrogens is 406 g/mol. The average molecular weight is 434 g/mol. The smallest absolute Gasteiger partial charge is 0.231 e. The molecule has 0 radical (unpaired) electrons. The molecule has 32 heavy (non-hydrogen) atoms. The third-order valence-corrected chi connectivity index (χ3v) is 5.15. The van der Waals surface area contributed by atoms with E-state index in [1.807, 2.05) is 55.5 Å². The van der Waals surface area contributed by atoms with Crippen molar-refractivity contribution in [1.82, 2.24) is 9.97 Å². The van der Waals surface area contributed by atoms with Crippen molar-refractivity contribution in [1.29, 1.82) is 0 Å². The van der Waals surface area contributed by atoms with E-state index in [-0.39, 0.29) is 19.1 Å². The summed E-state index contributed by atoms with van der Waals surface area (Å²) < 4.78 is 10.7. The minimum atomic E-state index is -0.101. The Bertz CT molecular complexity index is 1100. The predicted octanol–water partition coefficient (Wildman–Crippen LogP) is 4.28. The van der Waals surface area contributed by atoms with Crippen molar-refractivity contribution in [3.8, 4) is 11.5 Å². The fourth-order valence-electron chi connectivity index (χ4n) is 3.52. The van der Waals surface area contributed by atoms with Gasteiger partial charge < -0.3 is 25.0 Å². The standard InChI is InChI=1S/C24H27N5O3/c1-4-29(5-2)22-12-16(3)25-24(28-22)27-19-9-7-18(8-10-19)26-23(30)14-17-6-11-20-21(13-17)32-15-31-20/h6-13H,4-5,14-15H2,1-3H3,(H,26,30)(H,25,27,28). The highest BCUT2D eigenvalue weighted by molar-refractivity contribution is 5.92. The summed E-state index contributed by atoms with van der Waals surface area (Å²) in [5, 5.41) is 6.17. The lowest BCUT2D eigenvalue weighted by Crippen LogP contribution is -2.23. The summed E-state index contributed by atoms with van der Waals surface area (Å²) in [5.74, 6) is 2.73. The maximum absolute atomic E-state index is 12.4. The molecule has 0 saturated heterocycles. The lowest BCUT2D eigenvalue weighted by Gasteiger charge is -2.20. The van der Waals surface area contributed by atoms with Crippen molar-refractivity contribution in [3.05, 3.63) is 59.8 Å². The van der Waals surface area contributed by atoms with Gasteiger partial charge in [0.15, 0.2) is 11.5 Å². The van der Waals surface area contributed by atoms with E-state index in [1.54, 1.807) is 0 Å². The van der Waals surface area contributed by atoms with E-state index in [0.717, 1.165) is 41.5 Å². The number of aryl methyl sites for hydroxylation is 1. The van der Waals surface area contributed by atoms with E-state index < -0.39 is 0 Å². The molecule has 4 rings (SSSR count). The predicted molar refractivity (Wildman–Crippen MR) is 125 cm³/mol. The Balaban J connectivity index is 1.37. The highest BCUT2D eigenvalue weighted by atomic mass is 16.7. The summed E-state index contributed by atoms with van der Waals surface area (Å²) in [5.41, 5.74) is 3.33. The molecule has 0 aliphatic carbocycles. The quantitative estimate of drug-likeness (QED) is 0.548. The lowest BCUT2D eigenvalue weighted by molar-refractivity contribution is -0.115. The molecule has 2 N–H and O–H groups in total. The first-order valence-corrected chi connectivity index (χ1v) is 10.7. The highest BCUT2D eigenvalue weighted by Crippen LogP contribution is 2.32. The van der Waals surface area contributed by atoms with Crippen LogP contribution in [-0.2, 0) is 11.2 Å². The molecule has 8 nitrogen and oxygen atoms in total. The maximum atomic E-state index is 12.4. The van der Waals surface area contributed by atoms with E-state index in [4.69, 9.17) is 9.47 Å². The van der Waals surface area contributed by atoms with Crippen LogP contribution in [0.15, 0.2) is 48.5 Å². The number of hydrogen-bond acceptors (Lipinski definition) is 7. The number of fused-ring (bicyclic) bond motifs is 1. The molecule has 2 heterocycles. The zero-order valence-electron chi connectivity index (χ0n) is 18.5. The molecule has 0 bridgehead atoms. The summed E-state index contributed by atoms with van der Waals surface area (Å²) in [6, 6.07) is 15.0. The van der Waals surface area contributed by atoms with Gasteiger partial charge in [0, 0.05) is 36.2 Å². The van der Waals surface area contributed by atoms with Gasteiger partial charge in [-0.25, -0.2) is 4.98 Å². The normalized spacial score (nSPS) is 11.8. The highest BCUT2D eigenvalue weighted by Gasteiger charge is 2.14. The van der Waals surface area contributed by atoms with Crippen molar-refractivity contribution in [2.45, 2.75) is 27.2 Å². The number of ether oxygens (including phenoxy) is 2. The van der Waals surface area contributed by atoms with Gasteiger partial charge in [0.2, 0.25) is 18.6 Å². The maximum Gasteiger partial charge on any atom is 0.231 e. The van der Waals surface area contributed by atoms with Crippen molar-refractivity contribution in [3.63, 3.8) is 0 Å². The van der Waals surface area contributed by atoms with Crippen LogP contribution >= 0.6 is 0 Å². The van der Waals surface area contributed by atoms with Crippen molar-refractivity contribution in [2.24, 2.45) is 0 Å². The number of rotatable bonds is 8. The number of nitrogens with one attached hydrogen (secondary N) is 2. The first-order chi connectivity index (χ1) is 15.5. The number of amides is 1. The number of aromatic nitrogens is 2. The largest absolute Gasteiger partial charge is 0.454 e. The zero-order valence-corrected chi connectivity index (χ0v) is 18.5. The van der Waals surface area contributed by atoms with E-state index >= 15 is 0 Å². The molecule has 3 aromatic rings. The van der Waals surface area contributed by atoms with Crippen LogP contribution in [0.25, 0.3) is 0 Å². The Hall–Kier alpha value is -3.81. The van der Waals surface area contributed by atoms with Gasteiger partial charge in [0.25, 0.3) is 0 Å². The van der Waals surface area contributed by atoms with Crippen LogP contribution in [0.1, 0.15) is 25.1 Å². The molecule has 8 heteroatoms. The Kier molecular flexibility index (Phi) is 6.39.